The molecule has 2 aliphatic heterocycles. The lowest BCUT2D eigenvalue weighted by molar-refractivity contribution is -0.123. The SMILES string of the molecule is Cc1ccc(C(=O)N2CCN(CC(=O)NC(c3ccc4c(c3)OCCCO4)C(C)C)CC2)o1. The smallest absolute Gasteiger partial charge is 0.289 e. The fourth-order valence-corrected chi connectivity index (χ4v) is 4.24. The van der Waals surface area contributed by atoms with Crippen molar-refractivity contribution in [3.8, 4) is 11.5 Å². The van der Waals surface area contributed by atoms with Crippen LogP contribution in [0.2, 0.25) is 0 Å². The van der Waals surface area contributed by atoms with Gasteiger partial charge in [0.2, 0.25) is 5.91 Å². The average Bonchev–Trinajstić information content (AvgIpc) is 3.10. The summed E-state index contributed by atoms with van der Waals surface area (Å²) < 4.78 is 17.0. The first-order valence-corrected chi connectivity index (χ1v) is 11.7. The van der Waals surface area contributed by atoms with Crippen LogP contribution in [-0.4, -0.2) is 67.6 Å². The van der Waals surface area contributed by atoms with E-state index in [1.165, 1.54) is 0 Å². The summed E-state index contributed by atoms with van der Waals surface area (Å²) in [5, 5.41) is 3.19. The fourth-order valence-electron chi connectivity index (χ4n) is 4.24. The summed E-state index contributed by atoms with van der Waals surface area (Å²) in [6, 6.07) is 9.28. The molecule has 33 heavy (non-hydrogen) atoms. The van der Waals surface area contributed by atoms with Crippen LogP contribution in [-0.2, 0) is 4.79 Å². The van der Waals surface area contributed by atoms with E-state index in [-0.39, 0.29) is 23.8 Å². The summed E-state index contributed by atoms with van der Waals surface area (Å²) in [7, 11) is 0. The van der Waals surface area contributed by atoms with Crippen LogP contribution in [0.4, 0.5) is 0 Å². The number of nitrogens with zero attached hydrogens (tertiary/aromatic N) is 2. The zero-order valence-corrected chi connectivity index (χ0v) is 19.6. The van der Waals surface area contributed by atoms with E-state index in [2.05, 4.69) is 24.1 Å². The van der Waals surface area contributed by atoms with Crippen molar-refractivity contribution in [2.45, 2.75) is 33.2 Å². The molecule has 0 spiro atoms. The number of benzene rings is 1. The zero-order chi connectivity index (χ0) is 23.4. The third kappa shape index (κ3) is 5.68. The fraction of sp³-hybridized carbons (Fsp3) is 0.520. The molecule has 0 radical (unpaired) electrons. The Morgan fingerprint density at radius 2 is 1.73 bits per heavy atom. The van der Waals surface area contributed by atoms with Crippen LogP contribution in [0.1, 0.15) is 48.2 Å². The Hall–Kier alpha value is -3.00. The molecule has 178 valence electrons. The van der Waals surface area contributed by atoms with Crippen molar-refractivity contribution in [3.63, 3.8) is 0 Å². The van der Waals surface area contributed by atoms with E-state index in [1.54, 1.807) is 17.0 Å². The number of nitrogens with one attached hydrogen (secondary N) is 1. The third-order valence-electron chi connectivity index (χ3n) is 6.09. The topological polar surface area (TPSA) is 84.3 Å². The molecule has 8 nitrogen and oxygen atoms in total. The number of fused-ring (bicyclic) bond motifs is 1. The zero-order valence-electron chi connectivity index (χ0n) is 19.6. The number of ether oxygens (including phenoxy) is 2. The lowest BCUT2D eigenvalue weighted by atomic mass is 9.95. The van der Waals surface area contributed by atoms with Gasteiger partial charge in [0.25, 0.3) is 5.91 Å². The molecule has 2 aliphatic rings. The predicted molar refractivity (Wildman–Crippen MR) is 124 cm³/mol. The molecule has 1 saturated heterocycles. The van der Waals surface area contributed by atoms with Crippen LogP contribution in [0.5, 0.6) is 11.5 Å². The Balaban J connectivity index is 1.32. The summed E-state index contributed by atoms with van der Waals surface area (Å²) in [5.41, 5.74) is 1.01. The molecule has 0 aliphatic carbocycles. The minimum atomic E-state index is -0.125. The molecule has 0 bridgehead atoms. The van der Waals surface area contributed by atoms with Crippen LogP contribution in [0, 0.1) is 12.8 Å². The normalized spacial score (nSPS) is 17.5. The number of carbonyl (C=O) groups excluding carboxylic acids is 2. The number of furan rings is 1. The second-order valence-corrected chi connectivity index (χ2v) is 9.02. The number of amides is 2. The highest BCUT2D eigenvalue weighted by molar-refractivity contribution is 5.91. The Morgan fingerprint density at radius 3 is 2.39 bits per heavy atom. The summed E-state index contributed by atoms with van der Waals surface area (Å²) in [5.74, 6) is 2.67. The van der Waals surface area contributed by atoms with Crippen molar-refractivity contribution in [2.24, 2.45) is 5.92 Å². The molecule has 8 heteroatoms. The Labute approximate surface area is 194 Å². The van der Waals surface area contributed by atoms with E-state index >= 15 is 0 Å². The van der Waals surface area contributed by atoms with Crippen molar-refractivity contribution in [1.82, 2.24) is 15.1 Å². The highest BCUT2D eigenvalue weighted by atomic mass is 16.5. The highest BCUT2D eigenvalue weighted by Gasteiger charge is 2.26. The monoisotopic (exact) mass is 455 g/mol. The maximum absolute atomic E-state index is 12.9. The third-order valence-corrected chi connectivity index (χ3v) is 6.09. The summed E-state index contributed by atoms with van der Waals surface area (Å²) in [6.07, 6.45) is 0.856. The summed E-state index contributed by atoms with van der Waals surface area (Å²) in [6.45, 7) is 10.0. The number of carbonyl (C=O) groups is 2. The lowest BCUT2D eigenvalue weighted by Gasteiger charge is -2.34. The van der Waals surface area contributed by atoms with Gasteiger partial charge in [-0.15, -0.1) is 0 Å². The van der Waals surface area contributed by atoms with Gasteiger partial charge in [0.15, 0.2) is 17.3 Å². The molecule has 1 aromatic heterocycles. The maximum atomic E-state index is 12.9. The molecule has 3 heterocycles. The Kier molecular flexibility index (Phi) is 7.23. The van der Waals surface area contributed by atoms with Gasteiger partial charge in [-0.2, -0.15) is 0 Å². The number of piperazine rings is 1. The molecule has 0 saturated carbocycles. The first-order valence-electron chi connectivity index (χ1n) is 11.7. The first kappa shape index (κ1) is 23.2. The molecule has 1 fully saturated rings. The van der Waals surface area contributed by atoms with Crippen LogP contribution in [0.25, 0.3) is 0 Å². The van der Waals surface area contributed by atoms with Crippen LogP contribution < -0.4 is 14.8 Å². The van der Waals surface area contributed by atoms with Crippen molar-refractivity contribution >= 4 is 11.8 Å². The predicted octanol–water partition coefficient (Wildman–Crippen LogP) is 3.02. The van der Waals surface area contributed by atoms with Gasteiger partial charge in [-0.3, -0.25) is 14.5 Å². The number of rotatable bonds is 6. The van der Waals surface area contributed by atoms with Crippen molar-refractivity contribution < 1.29 is 23.5 Å². The second-order valence-electron chi connectivity index (χ2n) is 9.02. The van der Waals surface area contributed by atoms with E-state index < -0.39 is 0 Å². The van der Waals surface area contributed by atoms with Crippen LogP contribution >= 0.6 is 0 Å². The second kappa shape index (κ2) is 10.3. The standard InChI is InChI=1S/C25H33N3O5/c1-17(2)24(19-6-8-20-22(15-19)32-14-4-13-31-20)26-23(29)16-27-9-11-28(12-10-27)25(30)21-7-5-18(3)33-21/h5-8,15,17,24H,4,9-14,16H2,1-3H3,(H,26,29). The van der Waals surface area contributed by atoms with E-state index in [4.69, 9.17) is 13.9 Å². The van der Waals surface area contributed by atoms with Gasteiger partial charge in [0, 0.05) is 32.6 Å². The van der Waals surface area contributed by atoms with Crippen molar-refractivity contribution in [2.75, 3.05) is 45.9 Å². The van der Waals surface area contributed by atoms with Gasteiger partial charge in [0.1, 0.15) is 5.76 Å². The molecule has 2 amide bonds. The number of hydrogen-bond acceptors (Lipinski definition) is 6. The van der Waals surface area contributed by atoms with Gasteiger partial charge in [-0.05, 0) is 42.7 Å². The van der Waals surface area contributed by atoms with Crippen molar-refractivity contribution in [3.05, 3.63) is 47.4 Å². The maximum Gasteiger partial charge on any atom is 0.289 e. The number of hydrogen-bond donors (Lipinski definition) is 1. The van der Waals surface area contributed by atoms with Crippen molar-refractivity contribution in [1.29, 1.82) is 0 Å². The summed E-state index contributed by atoms with van der Waals surface area (Å²) >= 11 is 0. The molecule has 1 aromatic carbocycles. The van der Waals surface area contributed by atoms with Crippen LogP contribution in [0.15, 0.2) is 34.7 Å². The van der Waals surface area contributed by atoms with Crippen LogP contribution in [0.3, 0.4) is 0 Å². The highest BCUT2D eigenvalue weighted by Crippen LogP contribution is 2.34. The molecular weight excluding hydrogens is 422 g/mol. The molecular formula is C25H33N3O5. The van der Waals surface area contributed by atoms with E-state index in [0.29, 0.717) is 51.7 Å². The molecule has 4 rings (SSSR count). The van der Waals surface area contributed by atoms with Gasteiger partial charge >= 0.3 is 0 Å². The van der Waals surface area contributed by atoms with Gasteiger partial charge in [-0.1, -0.05) is 19.9 Å². The lowest BCUT2D eigenvalue weighted by Crippen LogP contribution is -2.51. The average molecular weight is 456 g/mol. The Morgan fingerprint density at radius 1 is 1.00 bits per heavy atom. The van der Waals surface area contributed by atoms with Gasteiger partial charge in [0.05, 0.1) is 25.8 Å². The quantitative estimate of drug-likeness (QED) is 0.721. The molecule has 1 atom stereocenters. The molecule has 2 aromatic rings. The number of aryl methyl sites for hydroxylation is 1. The largest absolute Gasteiger partial charge is 0.490 e. The minimum absolute atomic E-state index is 0.0257. The van der Waals surface area contributed by atoms with E-state index in [1.807, 2.05) is 25.1 Å². The van der Waals surface area contributed by atoms with E-state index in [0.717, 1.165) is 29.2 Å². The van der Waals surface area contributed by atoms with Gasteiger partial charge in [-0.25, -0.2) is 0 Å². The van der Waals surface area contributed by atoms with Gasteiger partial charge < -0.3 is 24.1 Å². The minimum Gasteiger partial charge on any atom is -0.490 e. The molecule has 1 N–H and O–H groups in total. The first-order chi connectivity index (χ1) is 15.9. The Bertz CT molecular complexity index is 978. The summed E-state index contributed by atoms with van der Waals surface area (Å²) in [4.78, 5) is 29.3. The van der Waals surface area contributed by atoms with E-state index in [9.17, 15) is 9.59 Å². The molecule has 1 unspecified atom stereocenters.